The van der Waals surface area contributed by atoms with E-state index in [9.17, 15) is 4.79 Å². The fourth-order valence-electron chi connectivity index (χ4n) is 0.995. The monoisotopic (exact) mass is 328 g/mol. The Bertz CT molecular complexity index is 486. The molecule has 6 heteroatoms. The zero-order valence-corrected chi connectivity index (χ0v) is 12.0. The van der Waals surface area contributed by atoms with Crippen LogP contribution in [0.4, 0.5) is 0 Å². The molecule has 0 heterocycles. The zero-order chi connectivity index (χ0) is 13.0. The molecule has 1 nitrogen and oxygen atoms in total. The average Bonchev–Trinajstić information content (AvgIpc) is 2.36. The highest BCUT2D eigenvalue weighted by Gasteiger charge is 2.17. The fraction of sp³-hybridized carbons (Fsp3) is 0. The third-order valence-electron chi connectivity index (χ3n) is 1.79. The van der Waals surface area contributed by atoms with E-state index in [1.807, 2.05) is 0 Å². The van der Waals surface area contributed by atoms with Crippen molar-refractivity contribution in [1.82, 2.24) is 0 Å². The van der Waals surface area contributed by atoms with Crippen LogP contribution in [-0.4, -0.2) is 5.78 Å². The number of allylic oxidation sites excluding steroid dienone is 3. The second kappa shape index (κ2) is 6.67. The largest absolute Gasteiger partial charge is 0.288 e. The summed E-state index contributed by atoms with van der Waals surface area (Å²) >= 11 is 28.2. The lowest BCUT2D eigenvalue weighted by Gasteiger charge is -2.02. The van der Waals surface area contributed by atoms with Gasteiger partial charge in [-0.25, -0.2) is 0 Å². The predicted octanol–water partition coefficient (Wildman–Crippen LogP) is 5.44. The Morgan fingerprint density at radius 1 is 0.765 bits per heavy atom. The SMILES string of the molecule is O=C(/C(Cl)=C(\Cl)C(Cl)=C(Cl)Cl)c1ccccc1. The summed E-state index contributed by atoms with van der Waals surface area (Å²) in [4.78, 5) is 11.9. The van der Waals surface area contributed by atoms with Crippen molar-refractivity contribution in [3.05, 3.63) is 55.5 Å². The van der Waals surface area contributed by atoms with Gasteiger partial charge in [-0.2, -0.15) is 0 Å². The molecule has 0 bridgehead atoms. The summed E-state index contributed by atoms with van der Waals surface area (Å²) in [6, 6.07) is 8.40. The summed E-state index contributed by atoms with van der Waals surface area (Å²) in [6.45, 7) is 0. The van der Waals surface area contributed by atoms with E-state index in [-0.39, 0.29) is 19.6 Å². The maximum Gasteiger partial charge on any atom is 0.205 e. The molecule has 17 heavy (non-hydrogen) atoms. The molecule has 0 saturated heterocycles. The second-order valence-corrected chi connectivity index (χ2v) is 4.98. The van der Waals surface area contributed by atoms with Gasteiger partial charge in [-0.3, -0.25) is 4.79 Å². The van der Waals surface area contributed by atoms with Crippen LogP contribution in [0.2, 0.25) is 0 Å². The molecule has 0 aliphatic heterocycles. The molecule has 0 aliphatic carbocycles. The van der Waals surface area contributed by atoms with E-state index in [1.165, 1.54) is 0 Å². The maximum absolute atomic E-state index is 11.9. The zero-order valence-electron chi connectivity index (χ0n) is 8.18. The molecule has 0 fully saturated rings. The van der Waals surface area contributed by atoms with Crippen molar-refractivity contribution in [1.29, 1.82) is 0 Å². The number of carbonyl (C=O) groups is 1. The molecule has 0 spiro atoms. The minimum Gasteiger partial charge on any atom is -0.288 e. The van der Waals surface area contributed by atoms with Crippen molar-refractivity contribution >= 4 is 63.8 Å². The molecule has 1 aromatic rings. The van der Waals surface area contributed by atoms with Crippen LogP contribution in [0, 0.1) is 0 Å². The van der Waals surface area contributed by atoms with Crippen molar-refractivity contribution in [2.24, 2.45) is 0 Å². The van der Waals surface area contributed by atoms with E-state index >= 15 is 0 Å². The van der Waals surface area contributed by atoms with Crippen molar-refractivity contribution in [3.63, 3.8) is 0 Å². The first-order valence-electron chi connectivity index (χ1n) is 4.31. The highest BCUT2D eigenvalue weighted by Crippen LogP contribution is 2.32. The number of Topliss-reactive ketones (excluding diaryl/α,β-unsaturated/α-hetero) is 1. The topological polar surface area (TPSA) is 17.1 Å². The number of hydrogen-bond acceptors (Lipinski definition) is 1. The molecule has 0 aliphatic rings. The molecule has 0 saturated carbocycles. The third kappa shape index (κ3) is 3.90. The van der Waals surface area contributed by atoms with Crippen LogP contribution in [0.3, 0.4) is 0 Å². The molecule has 1 rings (SSSR count). The lowest BCUT2D eigenvalue weighted by atomic mass is 10.1. The molecule has 0 aromatic heterocycles. The standard InChI is InChI=1S/C11H5Cl5O/c12-7(9(14)11(15)16)8(13)10(17)6-4-2-1-3-5-6/h1-5H/b8-7+. The van der Waals surface area contributed by atoms with Gasteiger partial charge in [0.2, 0.25) is 5.78 Å². The quantitative estimate of drug-likeness (QED) is 0.409. The maximum atomic E-state index is 11.9. The van der Waals surface area contributed by atoms with Crippen molar-refractivity contribution in [3.8, 4) is 0 Å². The highest BCUT2D eigenvalue weighted by molar-refractivity contribution is 6.63. The van der Waals surface area contributed by atoms with Crippen LogP contribution < -0.4 is 0 Å². The van der Waals surface area contributed by atoms with Gasteiger partial charge in [0.15, 0.2) is 0 Å². The average molecular weight is 330 g/mol. The number of benzene rings is 1. The van der Waals surface area contributed by atoms with Crippen molar-refractivity contribution < 1.29 is 4.79 Å². The summed E-state index contributed by atoms with van der Waals surface area (Å²) in [5.74, 6) is -0.454. The Kier molecular flexibility index (Phi) is 5.84. The summed E-state index contributed by atoms with van der Waals surface area (Å²) in [5, 5.41) is -0.576. The van der Waals surface area contributed by atoms with E-state index in [1.54, 1.807) is 30.3 Å². The molecule has 1 aromatic carbocycles. The lowest BCUT2D eigenvalue weighted by Crippen LogP contribution is -2.00. The number of carbonyl (C=O) groups excluding carboxylic acids is 1. The van der Waals surface area contributed by atoms with Gasteiger partial charge < -0.3 is 0 Å². The summed E-state index contributed by atoms with van der Waals surface area (Å²) in [7, 11) is 0. The minimum absolute atomic E-state index is 0.163. The van der Waals surface area contributed by atoms with Crippen molar-refractivity contribution in [2.75, 3.05) is 0 Å². The lowest BCUT2D eigenvalue weighted by molar-refractivity contribution is 0.104. The van der Waals surface area contributed by atoms with Crippen LogP contribution >= 0.6 is 58.0 Å². The van der Waals surface area contributed by atoms with Crippen LogP contribution in [0.25, 0.3) is 0 Å². The molecule has 90 valence electrons. The Morgan fingerprint density at radius 3 is 1.76 bits per heavy atom. The summed E-state index contributed by atoms with van der Waals surface area (Å²) in [6.07, 6.45) is 0. The summed E-state index contributed by atoms with van der Waals surface area (Å²) < 4.78 is -0.254. The van der Waals surface area contributed by atoms with Gasteiger partial charge in [-0.05, 0) is 0 Å². The Labute approximate surface area is 124 Å². The Morgan fingerprint density at radius 2 is 1.29 bits per heavy atom. The fourth-order valence-corrected chi connectivity index (χ4v) is 1.81. The van der Waals surface area contributed by atoms with E-state index in [0.29, 0.717) is 5.56 Å². The van der Waals surface area contributed by atoms with E-state index in [0.717, 1.165) is 0 Å². The molecular weight excluding hydrogens is 325 g/mol. The van der Waals surface area contributed by atoms with Crippen LogP contribution in [0.1, 0.15) is 10.4 Å². The molecule has 0 N–H and O–H groups in total. The van der Waals surface area contributed by atoms with Crippen LogP contribution in [0.15, 0.2) is 49.9 Å². The Hall–Kier alpha value is -0.180. The number of halogens is 5. The number of ketones is 1. The van der Waals surface area contributed by atoms with Gasteiger partial charge in [-0.15, -0.1) is 0 Å². The van der Waals surface area contributed by atoms with Crippen molar-refractivity contribution in [2.45, 2.75) is 0 Å². The first-order chi connectivity index (χ1) is 7.95. The number of hydrogen-bond donors (Lipinski definition) is 0. The second-order valence-electron chi connectivity index (χ2n) is 2.90. The number of rotatable bonds is 3. The van der Waals surface area contributed by atoms with Gasteiger partial charge in [0.05, 0.1) is 10.1 Å². The third-order valence-corrected chi connectivity index (χ3v) is 3.67. The molecule has 0 unspecified atom stereocenters. The van der Waals surface area contributed by atoms with Gasteiger partial charge in [-0.1, -0.05) is 88.3 Å². The van der Waals surface area contributed by atoms with E-state index in [4.69, 9.17) is 58.0 Å². The van der Waals surface area contributed by atoms with E-state index < -0.39 is 5.78 Å². The van der Waals surface area contributed by atoms with Gasteiger partial charge in [0.25, 0.3) is 0 Å². The molecule has 0 radical (unpaired) electrons. The van der Waals surface area contributed by atoms with E-state index in [2.05, 4.69) is 0 Å². The molecule has 0 amide bonds. The smallest absolute Gasteiger partial charge is 0.205 e. The van der Waals surface area contributed by atoms with Crippen LogP contribution in [0.5, 0.6) is 0 Å². The van der Waals surface area contributed by atoms with Gasteiger partial charge >= 0.3 is 0 Å². The predicted molar refractivity (Wildman–Crippen MR) is 74.1 cm³/mol. The minimum atomic E-state index is -0.454. The summed E-state index contributed by atoms with van der Waals surface area (Å²) in [5.41, 5.74) is 0.394. The molecule has 0 atom stereocenters. The first-order valence-corrected chi connectivity index (χ1v) is 6.20. The first kappa shape index (κ1) is 14.9. The van der Waals surface area contributed by atoms with Gasteiger partial charge in [0, 0.05) is 5.56 Å². The highest BCUT2D eigenvalue weighted by atomic mass is 35.5. The molecular formula is C11H5Cl5O. The Balaban J connectivity index is 3.14. The van der Waals surface area contributed by atoms with Gasteiger partial charge in [0.1, 0.15) is 9.52 Å². The van der Waals surface area contributed by atoms with Crippen LogP contribution in [-0.2, 0) is 0 Å². The normalized spacial score (nSPS) is 11.8.